The lowest BCUT2D eigenvalue weighted by molar-refractivity contribution is -0.114. The average Bonchev–Trinajstić information content (AvgIpc) is 2.33. The van der Waals surface area contributed by atoms with Gasteiger partial charge in [-0.15, -0.1) is 5.10 Å². The Labute approximate surface area is 70.5 Å². The maximum absolute atomic E-state index is 10.9. The molecular weight excluding hydrogens is 170 g/mol. The number of H-pyrrole nitrogens is 1. The van der Waals surface area contributed by atoms with Crippen LogP contribution in [0.5, 0.6) is 0 Å². The van der Waals surface area contributed by atoms with Crippen molar-refractivity contribution in [2.24, 2.45) is 0 Å². The predicted molar refractivity (Wildman–Crippen MR) is 41.6 cm³/mol. The normalized spacial score (nSPS) is 15.0. The molecule has 1 aromatic heterocycles. The SMILES string of the molecule is [2H]C([2H])([2H])C(=O)Nc1n[nH]c(=S)s1. The molecule has 1 aromatic rings. The molecule has 0 radical (unpaired) electrons. The number of aromatic amines is 1. The Morgan fingerprint density at radius 3 is 3.40 bits per heavy atom. The number of anilines is 1. The van der Waals surface area contributed by atoms with Gasteiger partial charge in [0.2, 0.25) is 11.0 Å². The Kier molecular flexibility index (Phi) is 1.21. The molecule has 6 heteroatoms. The summed E-state index contributed by atoms with van der Waals surface area (Å²) in [6.07, 6.45) is 0. The molecule has 0 aliphatic carbocycles. The molecule has 0 aromatic carbocycles. The number of nitrogens with one attached hydrogen (secondary N) is 2. The van der Waals surface area contributed by atoms with Gasteiger partial charge < -0.3 is 5.32 Å². The van der Waals surface area contributed by atoms with E-state index in [1.807, 2.05) is 0 Å². The van der Waals surface area contributed by atoms with Crippen LogP contribution < -0.4 is 5.32 Å². The Balaban J connectivity index is 2.71. The van der Waals surface area contributed by atoms with Gasteiger partial charge in [0, 0.05) is 11.0 Å². The van der Waals surface area contributed by atoms with Gasteiger partial charge in [-0.2, -0.15) is 0 Å². The lowest BCUT2D eigenvalue weighted by atomic mass is 10.7. The van der Waals surface area contributed by atoms with Gasteiger partial charge in [-0.3, -0.25) is 9.89 Å². The quantitative estimate of drug-likeness (QED) is 0.634. The molecule has 0 saturated heterocycles. The van der Waals surface area contributed by atoms with Crippen molar-refractivity contribution in [2.75, 3.05) is 5.32 Å². The summed E-state index contributed by atoms with van der Waals surface area (Å²) in [5.74, 6) is -1.06. The maximum atomic E-state index is 10.9. The predicted octanol–water partition coefficient (Wildman–Crippen LogP) is 1.16. The minimum Gasteiger partial charge on any atom is -0.301 e. The van der Waals surface area contributed by atoms with Crippen LogP contribution in [-0.4, -0.2) is 16.1 Å². The molecule has 0 spiro atoms. The third-order valence-corrected chi connectivity index (χ3v) is 1.66. The Hall–Kier alpha value is -0.750. The molecule has 0 aliphatic rings. The molecule has 1 amide bonds. The molecule has 54 valence electrons. The molecule has 1 heterocycles. The second kappa shape index (κ2) is 2.89. The molecule has 0 unspecified atom stereocenters. The van der Waals surface area contributed by atoms with E-state index in [2.05, 4.69) is 27.7 Å². The first-order valence-electron chi connectivity index (χ1n) is 3.76. The number of hydrogen-bond donors (Lipinski definition) is 2. The van der Waals surface area contributed by atoms with Gasteiger partial charge in [0.1, 0.15) is 0 Å². The third kappa shape index (κ3) is 1.89. The zero-order valence-electron chi connectivity index (χ0n) is 7.67. The van der Waals surface area contributed by atoms with E-state index in [0.717, 1.165) is 11.3 Å². The Bertz CT molecular complexity index is 367. The number of aromatic nitrogens is 2. The zero-order chi connectivity index (χ0) is 10.1. The Morgan fingerprint density at radius 2 is 2.90 bits per heavy atom. The van der Waals surface area contributed by atoms with Crippen molar-refractivity contribution in [3.63, 3.8) is 0 Å². The van der Waals surface area contributed by atoms with Crippen LogP contribution in [0, 0.1) is 3.95 Å². The molecule has 10 heavy (non-hydrogen) atoms. The number of carbonyl (C=O) groups is 1. The molecule has 2 N–H and O–H groups in total. The molecule has 0 bridgehead atoms. The lowest BCUT2D eigenvalue weighted by Crippen LogP contribution is -2.04. The first kappa shape index (κ1) is 4.20. The van der Waals surface area contributed by atoms with Crippen molar-refractivity contribution in [1.82, 2.24) is 10.2 Å². The lowest BCUT2D eigenvalue weighted by Gasteiger charge is -1.89. The molecule has 0 fully saturated rings. The van der Waals surface area contributed by atoms with Crippen molar-refractivity contribution >= 4 is 34.6 Å². The van der Waals surface area contributed by atoms with Crippen LogP contribution >= 0.6 is 23.6 Å². The van der Waals surface area contributed by atoms with Crippen LogP contribution in [0.1, 0.15) is 11.0 Å². The van der Waals surface area contributed by atoms with Gasteiger partial charge >= 0.3 is 0 Å². The van der Waals surface area contributed by atoms with Crippen LogP contribution in [0.3, 0.4) is 0 Å². The molecule has 0 aliphatic heterocycles. The fourth-order valence-corrected chi connectivity index (χ4v) is 1.16. The summed E-state index contributed by atoms with van der Waals surface area (Å²) < 4.78 is 20.6. The summed E-state index contributed by atoms with van der Waals surface area (Å²) in [6, 6.07) is 0. The van der Waals surface area contributed by atoms with E-state index in [-0.39, 0.29) is 5.13 Å². The van der Waals surface area contributed by atoms with Crippen molar-refractivity contribution in [3.8, 4) is 0 Å². The van der Waals surface area contributed by atoms with Gasteiger partial charge in [0.05, 0.1) is 0 Å². The van der Waals surface area contributed by atoms with E-state index in [0.29, 0.717) is 3.95 Å². The maximum Gasteiger partial charge on any atom is 0.223 e. The minimum absolute atomic E-state index is 0.158. The average molecular weight is 178 g/mol. The smallest absolute Gasteiger partial charge is 0.223 e. The summed E-state index contributed by atoms with van der Waals surface area (Å²) in [6.45, 7) is -2.66. The summed E-state index contributed by atoms with van der Waals surface area (Å²) >= 11 is 5.69. The third-order valence-electron chi connectivity index (χ3n) is 0.659. The highest BCUT2D eigenvalue weighted by Gasteiger charge is 1.96. The molecule has 0 saturated carbocycles. The summed E-state index contributed by atoms with van der Waals surface area (Å²) in [5, 5.41) is 8.26. The Morgan fingerprint density at radius 1 is 2.10 bits per heavy atom. The summed E-state index contributed by atoms with van der Waals surface area (Å²) in [4.78, 5) is 10.9. The summed E-state index contributed by atoms with van der Waals surface area (Å²) in [5.41, 5.74) is 0. The van der Waals surface area contributed by atoms with Crippen molar-refractivity contribution in [1.29, 1.82) is 0 Å². The molecular formula is C4H5N3OS2. The van der Waals surface area contributed by atoms with E-state index in [1.54, 1.807) is 0 Å². The van der Waals surface area contributed by atoms with Crippen molar-refractivity contribution in [2.45, 2.75) is 6.85 Å². The highest BCUT2D eigenvalue weighted by atomic mass is 32.1. The van der Waals surface area contributed by atoms with E-state index in [9.17, 15) is 4.79 Å². The highest BCUT2D eigenvalue weighted by Crippen LogP contribution is 2.09. The number of carbonyl (C=O) groups excluding carboxylic acids is 1. The van der Waals surface area contributed by atoms with Gasteiger partial charge in [-0.05, 0) is 12.2 Å². The monoisotopic (exact) mass is 178 g/mol. The number of amides is 1. The topological polar surface area (TPSA) is 57.8 Å². The zero-order valence-corrected chi connectivity index (χ0v) is 6.30. The fourth-order valence-electron chi connectivity index (χ4n) is 0.380. The van der Waals surface area contributed by atoms with Crippen LogP contribution in [0.4, 0.5) is 5.13 Å². The summed E-state index contributed by atoms with van der Waals surface area (Å²) in [7, 11) is 0. The standard InChI is InChI=1S/C4H5N3OS2/c1-2(8)5-3-6-7-4(9)10-3/h1H3,(H,7,9)(H,5,6,8)/i1D3. The second-order valence-electron chi connectivity index (χ2n) is 1.37. The van der Waals surface area contributed by atoms with Crippen LogP contribution in [0.15, 0.2) is 0 Å². The number of rotatable bonds is 1. The van der Waals surface area contributed by atoms with Gasteiger partial charge in [0.25, 0.3) is 0 Å². The van der Waals surface area contributed by atoms with Crippen LogP contribution in [-0.2, 0) is 4.79 Å². The van der Waals surface area contributed by atoms with Gasteiger partial charge in [0.15, 0.2) is 3.95 Å². The van der Waals surface area contributed by atoms with Crippen LogP contribution in [0.2, 0.25) is 0 Å². The first-order valence-corrected chi connectivity index (χ1v) is 3.49. The van der Waals surface area contributed by atoms with Crippen molar-refractivity contribution < 1.29 is 8.91 Å². The van der Waals surface area contributed by atoms with E-state index in [4.69, 9.17) is 4.11 Å². The minimum atomic E-state index is -2.66. The van der Waals surface area contributed by atoms with E-state index >= 15 is 0 Å². The van der Waals surface area contributed by atoms with Crippen LogP contribution in [0.25, 0.3) is 0 Å². The van der Waals surface area contributed by atoms with Crippen molar-refractivity contribution in [3.05, 3.63) is 3.95 Å². The molecule has 0 atom stereocenters. The second-order valence-corrected chi connectivity index (χ2v) is 3.04. The van der Waals surface area contributed by atoms with E-state index < -0.39 is 12.8 Å². The van der Waals surface area contributed by atoms with E-state index in [1.165, 1.54) is 0 Å². The largest absolute Gasteiger partial charge is 0.301 e. The van der Waals surface area contributed by atoms with Gasteiger partial charge in [-0.1, -0.05) is 11.3 Å². The fraction of sp³-hybridized carbons (Fsp3) is 0.250. The molecule has 4 nitrogen and oxygen atoms in total. The number of hydrogen-bond acceptors (Lipinski definition) is 4. The number of nitrogens with zero attached hydrogens (tertiary/aromatic N) is 1. The first-order chi connectivity index (χ1) is 5.89. The van der Waals surface area contributed by atoms with Gasteiger partial charge in [-0.25, -0.2) is 0 Å². The highest BCUT2D eigenvalue weighted by molar-refractivity contribution is 7.73. The molecule has 1 rings (SSSR count).